The number of aryl methyl sites for hydroxylation is 2. The van der Waals surface area contributed by atoms with Gasteiger partial charge in [-0.1, -0.05) is 65.2 Å². The Hall–Kier alpha value is -0.996. The van der Waals surface area contributed by atoms with Crippen LogP contribution in [-0.4, -0.2) is 22.2 Å². The van der Waals surface area contributed by atoms with Gasteiger partial charge in [0.25, 0.3) is 0 Å². The second-order valence-electron chi connectivity index (χ2n) is 6.85. The molecule has 0 fully saturated rings. The monoisotopic (exact) mass is 412 g/mol. The van der Waals surface area contributed by atoms with Crippen LogP contribution >= 0.6 is 0 Å². The predicted molar refractivity (Wildman–Crippen MR) is 107 cm³/mol. The Balaban J connectivity index is 0. The van der Waals surface area contributed by atoms with Gasteiger partial charge in [-0.05, 0) is 12.8 Å². The minimum Gasteiger partial charge on any atom is -0.481 e. The van der Waals surface area contributed by atoms with Crippen molar-refractivity contribution in [3.05, 3.63) is 35.7 Å². The van der Waals surface area contributed by atoms with Gasteiger partial charge in [-0.2, -0.15) is 28.3 Å². The van der Waals surface area contributed by atoms with Gasteiger partial charge < -0.3 is 17.6 Å². The summed E-state index contributed by atoms with van der Waals surface area (Å²) < 4.78 is 0. The van der Waals surface area contributed by atoms with Crippen LogP contribution in [-0.2, 0) is 57.0 Å². The minimum atomic E-state index is -0.711. The van der Waals surface area contributed by atoms with Gasteiger partial charge >= 0.3 is 33.7 Å². The predicted octanol–water partition coefficient (Wildman–Crippen LogP) is 5.35. The van der Waals surface area contributed by atoms with Crippen LogP contribution in [0.4, 0.5) is 0 Å². The first-order valence-electron chi connectivity index (χ1n) is 9.72. The van der Waals surface area contributed by atoms with Gasteiger partial charge in [-0.25, -0.2) is 0 Å². The maximum absolute atomic E-state index is 9.60. The zero-order valence-electron chi connectivity index (χ0n) is 17.3. The summed E-state index contributed by atoms with van der Waals surface area (Å²) in [5.41, 5.74) is 6.94. The van der Waals surface area contributed by atoms with Crippen molar-refractivity contribution >= 4 is 11.9 Å². The first-order chi connectivity index (χ1) is 12.0. The van der Waals surface area contributed by atoms with E-state index < -0.39 is 11.9 Å². The van der Waals surface area contributed by atoms with Gasteiger partial charge in [-0.3, -0.25) is 9.59 Å². The zero-order valence-corrected chi connectivity index (χ0v) is 18.8. The molecule has 0 spiro atoms. The third kappa shape index (κ3) is 10.8. The Morgan fingerprint density at radius 1 is 0.778 bits per heavy atom. The molecule has 152 valence electrons. The number of hydrogen-bond acceptors (Lipinski definition) is 2. The molecule has 27 heavy (non-hydrogen) atoms. The molecule has 0 saturated heterocycles. The summed E-state index contributed by atoms with van der Waals surface area (Å²) >= 11 is 0. The van der Waals surface area contributed by atoms with Crippen LogP contribution in [0.25, 0.3) is 0 Å². The Morgan fingerprint density at radius 3 is 1.37 bits per heavy atom. The van der Waals surface area contributed by atoms with E-state index in [-0.39, 0.29) is 29.1 Å². The molecule has 0 heterocycles. The van der Waals surface area contributed by atoms with E-state index in [1.165, 1.54) is 51.4 Å². The first kappa shape index (κ1) is 28.2. The van der Waals surface area contributed by atoms with E-state index in [1.54, 1.807) is 22.3 Å². The summed E-state index contributed by atoms with van der Waals surface area (Å²) in [5.74, 6) is -1.42. The summed E-state index contributed by atoms with van der Waals surface area (Å²) in [4.78, 5) is 19.2. The number of carboxylic acids is 2. The molecular weight excluding hydrogens is 376 g/mol. The summed E-state index contributed by atoms with van der Waals surface area (Å²) in [5, 5.41) is 15.8. The normalized spacial score (nSPS) is 13.7. The van der Waals surface area contributed by atoms with Crippen LogP contribution in [0.2, 0.25) is 0 Å². The average molecular weight is 412 g/mol. The van der Waals surface area contributed by atoms with E-state index in [0.717, 1.165) is 12.8 Å². The summed E-state index contributed by atoms with van der Waals surface area (Å²) in [6.45, 7) is 3.68. The molecule has 0 atom stereocenters. The van der Waals surface area contributed by atoms with Crippen LogP contribution in [0.3, 0.4) is 0 Å². The molecule has 4 nitrogen and oxygen atoms in total. The first-order valence-corrected chi connectivity index (χ1v) is 9.72. The van der Waals surface area contributed by atoms with Crippen LogP contribution in [0.5, 0.6) is 0 Å². The van der Waals surface area contributed by atoms with Crippen LogP contribution < -0.4 is 0 Å². The number of carboxylic acid groups (broad SMARTS) is 2. The quantitative estimate of drug-likeness (QED) is 0.516. The molecule has 2 aliphatic carbocycles. The van der Waals surface area contributed by atoms with Crippen molar-refractivity contribution in [2.75, 3.05) is 0 Å². The van der Waals surface area contributed by atoms with Crippen molar-refractivity contribution in [2.45, 2.75) is 90.9 Å². The van der Waals surface area contributed by atoms with Crippen LogP contribution in [0, 0.1) is 7.43 Å². The van der Waals surface area contributed by atoms with Gasteiger partial charge in [0.2, 0.25) is 0 Å². The molecular formula is C22H36O4Ti. The van der Waals surface area contributed by atoms with Gasteiger partial charge in [0.05, 0.1) is 0 Å². The Bertz CT molecular complexity index is 502. The molecule has 2 aliphatic rings. The van der Waals surface area contributed by atoms with E-state index in [0.29, 0.717) is 12.8 Å². The van der Waals surface area contributed by atoms with E-state index in [9.17, 15) is 9.59 Å². The number of rotatable bonds is 4. The van der Waals surface area contributed by atoms with Crippen molar-refractivity contribution in [3.8, 4) is 0 Å². The molecule has 0 amide bonds. The van der Waals surface area contributed by atoms with Gasteiger partial charge in [0.1, 0.15) is 0 Å². The SMILES string of the molecule is CCCC(=O)O.CCCC(=O)O.[CH3-].[Ti+2].[cH-]1c2c(c3c1CCCC3)CCCC2. The Kier molecular flexibility index (Phi) is 16.7. The third-order valence-corrected chi connectivity index (χ3v) is 4.66. The van der Waals surface area contributed by atoms with Crippen molar-refractivity contribution in [2.24, 2.45) is 0 Å². The molecule has 2 N–H and O–H groups in total. The van der Waals surface area contributed by atoms with Crippen molar-refractivity contribution in [1.82, 2.24) is 0 Å². The van der Waals surface area contributed by atoms with E-state index >= 15 is 0 Å². The number of carbonyl (C=O) groups is 2. The molecule has 1 aromatic carbocycles. The van der Waals surface area contributed by atoms with E-state index in [4.69, 9.17) is 10.2 Å². The maximum atomic E-state index is 9.60. The van der Waals surface area contributed by atoms with Crippen LogP contribution in [0.15, 0.2) is 6.07 Å². The standard InChI is InChI=1S/C13H17.2C4H8O2.CH3.Ti/c1-3-7-12-10(5-1)9-11-6-2-4-8-13(11)12;2*1-2-3-4(5)6;;/h9H,1-8H2;2*2-3H2,1H3,(H,5,6);1H3;/q-1;;;-1;+2. The average Bonchev–Trinajstić information content (AvgIpc) is 2.94. The number of hydrogen-bond donors (Lipinski definition) is 2. The number of aliphatic carboxylic acids is 2. The van der Waals surface area contributed by atoms with Crippen molar-refractivity contribution in [1.29, 1.82) is 0 Å². The molecule has 0 radical (unpaired) electrons. The summed E-state index contributed by atoms with van der Waals surface area (Å²) in [6, 6.07) is 2.52. The molecule has 1 aromatic rings. The van der Waals surface area contributed by atoms with E-state index in [2.05, 4.69) is 6.07 Å². The second-order valence-corrected chi connectivity index (χ2v) is 6.85. The van der Waals surface area contributed by atoms with Crippen molar-refractivity contribution < 1.29 is 41.5 Å². The summed E-state index contributed by atoms with van der Waals surface area (Å²) in [7, 11) is 0. The molecule has 0 aromatic heterocycles. The molecule has 3 rings (SSSR count). The molecule has 0 aliphatic heterocycles. The molecule has 0 unspecified atom stereocenters. The number of fused-ring (bicyclic) bond motifs is 3. The van der Waals surface area contributed by atoms with Crippen LogP contribution in [0.1, 0.15) is 87.5 Å². The zero-order chi connectivity index (χ0) is 18.7. The fourth-order valence-corrected chi connectivity index (χ4v) is 3.50. The Morgan fingerprint density at radius 2 is 1.11 bits per heavy atom. The third-order valence-electron chi connectivity index (χ3n) is 4.66. The fraction of sp³-hybridized carbons (Fsp3) is 0.636. The van der Waals surface area contributed by atoms with Crippen molar-refractivity contribution in [3.63, 3.8) is 0 Å². The van der Waals surface area contributed by atoms with Gasteiger partial charge in [0, 0.05) is 12.8 Å². The van der Waals surface area contributed by atoms with Gasteiger partial charge in [-0.15, -0.1) is 0 Å². The fourth-order valence-electron chi connectivity index (χ4n) is 3.50. The maximum Gasteiger partial charge on any atom is 2.00 e. The van der Waals surface area contributed by atoms with E-state index in [1.807, 2.05) is 13.8 Å². The molecule has 5 heteroatoms. The minimum absolute atomic E-state index is 0. The smallest absolute Gasteiger partial charge is 0.481 e. The second kappa shape index (κ2) is 16.0. The molecule has 0 saturated carbocycles. The molecule has 0 bridgehead atoms. The topological polar surface area (TPSA) is 74.6 Å². The largest absolute Gasteiger partial charge is 2.00 e. The Labute approximate surface area is 180 Å². The summed E-state index contributed by atoms with van der Waals surface area (Å²) in [6.07, 6.45) is 13.3. The van der Waals surface area contributed by atoms with Gasteiger partial charge in [0.15, 0.2) is 0 Å².